The Morgan fingerprint density at radius 3 is 2.53 bits per heavy atom. The minimum absolute atomic E-state index is 0.140. The van der Waals surface area contributed by atoms with Gasteiger partial charge in [0, 0.05) is 29.0 Å². The molecule has 2 heterocycles. The monoisotopic (exact) mass is 449 g/mol. The van der Waals surface area contributed by atoms with Gasteiger partial charge in [-0.2, -0.15) is 9.97 Å². The average molecular weight is 450 g/mol. The van der Waals surface area contributed by atoms with Crippen molar-refractivity contribution in [2.75, 3.05) is 20.5 Å². The summed E-state index contributed by atoms with van der Waals surface area (Å²) in [6.45, 7) is 0.353. The molecule has 0 fully saturated rings. The lowest BCUT2D eigenvalue weighted by atomic mass is 10.1. The summed E-state index contributed by atoms with van der Waals surface area (Å²) in [5.41, 5.74) is 3.79. The van der Waals surface area contributed by atoms with Crippen molar-refractivity contribution in [3.05, 3.63) is 82.4 Å². The number of ether oxygens (including phenoxy) is 2. The van der Waals surface area contributed by atoms with Crippen LogP contribution in [0.5, 0.6) is 11.5 Å². The van der Waals surface area contributed by atoms with E-state index in [9.17, 15) is 9.35 Å². The molecule has 2 aromatic heterocycles. The first-order valence-corrected chi connectivity index (χ1v) is 11.6. The Labute approximate surface area is 189 Å². The van der Waals surface area contributed by atoms with Crippen molar-refractivity contribution in [2.45, 2.75) is 18.1 Å². The molecule has 164 valence electrons. The number of rotatable bonds is 7. The third kappa shape index (κ3) is 4.61. The van der Waals surface area contributed by atoms with Gasteiger partial charge in [0.25, 0.3) is 5.56 Å². The lowest BCUT2D eigenvalue weighted by Crippen LogP contribution is -2.19. The lowest BCUT2D eigenvalue weighted by Gasteiger charge is -2.12. The molecule has 0 aliphatic heterocycles. The minimum Gasteiger partial charge on any atom is -0.609 e. The van der Waals surface area contributed by atoms with Crippen molar-refractivity contribution >= 4 is 16.7 Å². The van der Waals surface area contributed by atoms with E-state index in [2.05, 4.69) is 16.0 Å². The second-order valence-electron chi connectivity index (χ2n) is 7.25. The summed E-state index contributed by atoms with van der Waals surface area (Å²) in [6, 6.07) is 10.6. The Morgan fingerprint density at radius 2 is 1.84 bits per heavy atom. The highest BCUT2D eigenvalue weighted by Crippen LogP contribution is 2.28. The number of nitrogens with zero attached hydrogens (tertiary/aromatic N) is 3. The van der Waals surface area contributed by atoms with Gasteiger partial charge in [-0.1, -0.05) is 24.3 Å². The topological polar surface area (TPSA) is 89.3 Å². The van der Waals surface area contributed by atoms with Gasteiger partial charge in [0.1, 0.15) is 6.26 Å². The number of hydrogen-bond acceptors (Lipinski definition) is 6. The smallest absolute Gasteiger partial charge is 0.343 e. The van der Waals surface area contributed by atoms with Crippen LogP contribution in [0.25, 0.3) is 16.8 Å². The van der Waals surface area contributed by atoms with Crippen molar-refractivity contribution < 1.29 is 14.0 Å². The Bertz CT molecular complexity index is 1260. The molecule has 0 bridgehead atoms. The molecule has 8 heteroatoms. The van der Waals surface area contributed by atoms with Crippen molar-refractivity contribution in [3.63, 3.8) is 0 Å². The number of hydrogen-bond donors (Lipinski definition) is 0. The third-order valence-corrected chi connectivity index (χ3v) is 5.81. The quantitative estimate of drug-likeness (QED) is 0.405. The summed E-state index contributed by atoms with van der Waals surface area (Å²) < 4.78 is 24.4. The van der Waals surface area contributed by atoms with Crippen molar-refractivity contribution in [3.8, 4) is 22.8 Å². The van der Waals surface area contributed by atoms with Gasteiger partial charge in [-0.05, 0) is 41.8 Å². The van der Waals surface area contributed by atoms with Gasteiger partial charge in [0.15, 0.2) is 11.5 Å². The number of allylic oxidation sites excluding steroid dienone is 4. The molecule has 1 aliphatic carbocycles. The molecule has 0 radical (unpaired) electrons. The van der Waals surface area contributed by atoms with Gasteiger partial charge in [-0.3, -0.25) is 4.79 Å². The molecule has 0 N–H and O–H groups in total. The van der Waals surface area contributed by atoms with Crippen molar-refractivity contribution in [2.24, 2.45) is 0 Å². The average Bonchev–Trinajstić information content (AvgIpc) is 3.35. The van der Waals surface area contributed by atoms with Crippen molar-refractivity contribution in [1.29, 1.82) is 0 Å². The van der Waals surface area contributed by atoms with Crippen LogP contribution < -0.4 is 15.0 Å². The van der Waals surface area contributed by atoms with E-state index in [4.69, 9.17) is 9.47 Å². The molecule has 1 atom stereocenters. The molecule has 0 amide bonds. The van der Waals surface area contributed by atoms with Crippen LogP contribution in [0.4, 0.5) is 0 Å². The Balaban J connectivity index is 1.73. The maximum Gasteiger partial charge on any atom is 0.343 e. The van der Waals surface area contributed by atoms with E-state index < -0.39 is 11.2 Å². The lowest BCUT2D eigenvalue weighted by molar-refractivity contribution is 0.354. The summed E-state index contributed by atoms with van der Waals surface area (Å²) in [7, 11) is 3.15. The zero-order valence-corrected chi connectivity index (χ0v) is 18.9. The maximum atomic E-state index is 12.5. The van der Waals surface area contributed by atoms with Gasteiger partial charge >= 0.3 is 5.16 Å². The Kier molecular flexibility index (Phi) is 6.43. The first-order chi connectivity index (χ1) is 15.5. The fraction of sp³-hybridized carbons (Fsp3) is 0.208. The SMILES string of the molecule is COc1ccc(Cn2cc(-c3cc(C4=CCC=C4)nc([S+](C)[O-])n3)ccc2=O)cc1OC. The molecule has 1 aromatic carbocycles. The molecule has 0 saturated carbocycles. The first kappa shape index (κ1) is 21.9. The van der Waals surface area contributed by atoms with E-state index in [1.807, 2.05) is 36.4 Å². The van der Waals surface area contributed by atoms with Gasteiger partial charge in [-0.15, -0.1) is 0 Å². The number of benzene rings is 1. The number of methoxy groups -OCH3 is 2. The van der Waals surface area contributed by atoms with Crippen LogP contribution in [-0.4, -0.2) is 39.6 Å². The summed E-state index contributed by atoms with van der Waals surface area (Å²) >= 11 is -1.34. The van der Waals surface area contributed by atoms with Crippen molar-refractivity contribution in [1.82, 2.24) is 14.5 Å². The fourth-order valence-corrected chi connectivity index (χ4v) is 3.93. The van der Waals surface area contributed by atoms with Crippen LogP contribution >= 0.6 is 0 Å². The largest absolute Gasteiger partial charge is 0.609 e. The molecule has 1 aliphatic rings. The summed E-state index contributed by atoms with van der Waals surface area (Å²) in [5.74, 6) is 1.23. The first-order valence-electron chi connectivity index (χ1n) is 10.00. The molecule has 0 saturated heterocycles. The maximum absolute atomic E-state index is 12.5. The summed E-state index contributed by atoms with van der Waals surface area (Å²) in [4.78, 5) is 21.5. The predicted molar refractivity (Wildman–Crippen MR) is 124 cm³/mol. The van der Waals surface area contributed by atoms with Crippen LogP contribution in [0.3, 0.4) is 0 Å². The number of pyridine rings is 1. The summed E-state index contributed by atoms with van der Waals surface area (Å²) in [6.07, 6.45) is 10.3. The van der Waals surface area contributed by atoms with Gasteiger partial charge in [0.05, 0.1) is 32.2 Å². The highest BCUT2D eigenvalue weighted by Gasteiger charge is 2.17. The third-order valence-electron chi connectivity index (χ3n) is 5.11. The van der Waals surface area contributed by atoms with Crippen LogP contribution in [0, 0.1) is 0 Å². The molecule has 0 spiro atoms. The molecule has 4 rings (SSSR count). The number of aromatic nitrogens is 3. The minimum atomic E-state index is -1.34. The van der Waals surface area contributed by atoms with E-state index in [1.54, 1.807) is 37.3 Å². The fourth-order valence-electron chi connectivity index (χ4n) is 3.48. The highest BCUT2D eigenvalue weighted by molar-refractivity contribution is 7.90. The molecule has 7 nitrogen and oxygen atoms in total. The highest BCUT2D eigenvalue weighted by atomic mass is 32.2. The van der Waals surface area contributed by atoms with Gasteiger partial charge in [0.2, 0.25) is 0 Å². The molecule has 3 aromatic rings. The Hall–Kier alpha value is -3.36. The molecular formula is C24H23N3O4S. The van der Waals surface area contributed by atoms with Crippen LogP contribution in [0.1, 0.15) is 17.7 Å². The van der Waals surface area contributed by atoms with E-state index >= 15 is 0 Å². The van der Waals surface area contributed by atoms with E-state index in [0.29, 0.717) is 29.4 Å². The predicted octanol–water partition coefficient (Wildman–Crippen LogP) is 3.45. The van der Waals surface area contributed by atoms with Crippen LogP contribution in [0.15, 0.2) is 70.8 Å². The zero-order chi connectivity index (χ0) is 22.7. The van der Waals surface area contributed by atoms with Crippen LogP contribution in [0.2, 0.25) is 0 Å². The Morgan fingerprint density at radius 1 is 1.06 bits per heavy atom. The second kappa shape index (κ2) is 9.42. The molecular weight excluding hydrogens is 426 g/mol. The van der Waals surface area contributed by atoms with Gasteiger partial charge < -0.3 is 18.6 Å². The van der Waals surface area contributed by atoms with E-state index in [1.165, 1.54) is 6.07 Å². The van der Waals surface area contributed by atoms with E-state index in [0.717, 1.165) is 23.1 Å². The summed E-state index contributed by atoms with van der Waals surface area (Å²) in [5, 5.41) is 0.261. The van der Waals surface area contributed by atoms with Gasteiger partial charge in [-0.25, -0.2) is 0 Å². The zero-order valence-electron chi connectivity index (χ0n) is 18.1. The standard InChI is InChI=1S/C24H23N3O4S/c1-30-21-10-8-16(12-22(21)31-2)14-27-15-18(9-11-23(27)28)20-13-19(17-6-4-5-7-17)25-24(26-20)32(3)29/h4,6-13,15H,5,14H2,1-3H3. The molecule has 32 heavy (non-hydrogen) atoms. The normalized spacial score (nSPS) is 13.7. The van der Waals surface area contributed by atoms with Crippen LogP contribution in [-0.2, 0) is 17.7 Å². The second-order valence-corrected chi connectivity index (χ2v) is 8.52. The molecule has 1 unspecified atom stereocenters. The van der Waals surface area contributed by atoms with E-state index in [-0.39, 0.29) is 10.7 Å².